The molecule has 10 nitrogen and oxygen atoms in total. The molecule has 1 atom stereocenters. The second-order valence-electron chi connectivity index (χ2n) is 9.13. The Morgan fingerprint density at radius 1 is 0.927 bits per heavy atom. The first-order valence-electron chi connectivity index (χ1n) is 12.9. The molecule has 0 aliphatic carbocycles. The zero-order valence-corrected chi connectivity index (χ0v) is 22.9. The lowest BCUT2D eigenvalue weighted by Gasteiger charge is -2.22. The van der Waals surface area contributed by atoms with E-state index in [1.807, 2.05) is 6.07 Å². The summed E-state index contributed by atoms with van der Waals surface area (Å²) in [6, 6.07) is 14.8. The molecular weight excluding hydrogens is 533 g/mol. The molecule has 1 aliphatic heterocycles. The van der Waals surface area contributed by atoms with Gasteiger partial charge in [-0.25, -0.2) is 18.9 Å². The van der Waals surface area contributed by atoms with Gasteiger partial charge in [-0.05, 0) is 79.6 Å². The van der Waals surface area contributed by atoms with Crippen LogP contribution in [0.2, 0.25) is 0 Å². The Kier molecular flexibility index (Phi) is 9.18. The minimum Gasteiger partial charge on any atom is -0.493 e. The fraction of sp³-hybridized carbons (Fsp3) is 0.267. The topological polar surface area (TPSA) is 114 Å². The highest BCUT2D eigenvalue weighted by Crippen LogP contribution is 2.30. The summed E-state index contributed by atoms with van der Waals surface area (Å²) in [5.41, 5.74) is 1.77. The highest BCUT2D eigenvalue weighted by atomic mass is 19.1. The second kappa shape index (κ2) is 12.9. The fourth-order valence-corrected chi connectivity index (χ4v) is 4.49. The van der Waals surface area contributed by atoms with Crippen LogP contribution in [0.5, 0.6) is 11.5 Å². The Hall–Kier alpha value is -4.93. The Balaban J connectivity index is 1.53. The molecule has 0 radical (unpaired) electrons. The van der Waals surface area contributed by atoms with Gasteiger partial charge in [0.25, 0.3) is 5.91 Å². The van der Waals surface area contributed by atoms with E-state index in [0.717, 1.165) is 22.6 Å². The summed E-state index contributed by atoms with van der Waals surface area (Å²) in [5, 5.41) is 2.71. The van der Waals surface area contributed by atoms with Crippen LogP contribution in [0.3, 0.4) is 0 Å². The van der Waals surface area contributed by atoms with E-state index in [9.17, 15) is 23.6 Å². The van der Waals surface area contributed by atoms with Crippen LogP contribution in [0.4, 0.5) is 20.6 Å². The summed E-state index contributed by atoms with van der Waals surface area (Å²) in [4.78, 5) is 54.1. The zero-order chi connectivity index (χ0) is 29.5. The summed E-state index contributed by atoms with van der Waals surface area (Å²) in [6.07, 6.45) is 0.0535. The minimum absolute atomic E-state index is 0.129. The standard InChI is InChI=1S/C30H30FN3O7/c1-4-41-29(37)20-6-10-22(11-7-20)32-27(35)18-24-28(36)34(23-12-8-21(31)9-13-23)30(38)33(24)16-15-19-5-14-25(39-2)26(17-19)40-3/h5-14,17,24H,4,15-16,18H2,1-3H3,(H,32,35). The minimum atomic E-state index is -1.09. The molecule has 1 saturated heterocycles. The van der Waals surface area contributed by atoms with Crippen molar-refractivity contribution in [3.05, 3.63) is 83.7 Å². The van der Waals surface area contributed by atoms with Crippen molar-refractivity contribution in [2.24, 2.45) is 0 Å². The van der Waals surface area contributed by atoms with Gasteiger partial charge in [-0.15, -0.1) is 0 Å². The van der Waals surface area contributed by atoms with Crippen molar-refractivity contribution in [3.8, 4) is 11.5 Å². The zero-order valence-electron chi connectivity index (χ0n) is 22.9. The Bertz CT molecular complexity index is 1430. The number of ether oxygens (including phenoxy) is 3. The number of nitrogens with one attached hydrogen (secondary N) is 1. The second-order valence-corrected chi connectivity index (χ2v) is 9.13. The van der Waals surface area contributed by atoms with Gasteiger partial charge in [0.15, 0.2) is 11.5 Å². The molecule has 1 N–H and O–H groups in total. The number of imide groups is 1. The number of methoxy groups -OCH3 is 2. The Morgan fingerprint density at radius 2 is 1.61 bits per heavy atom. The number of rotatable bonds is 11. The highest BCUT2D eigenvalue weighted by Gasteiger charge is 2.46. The molecular formula is C30H30FN3O7. The van der Waals surface area contributed by atoms with Crippen molar-refractivity contribution >= 4 is 35.2 Å². The third-order valence-electron chi connectivity index (χ3n) is 6.55. The number of amides is 4. The number of benzene rings is 3. The lowest BCUT2D eigenvalue weighted by atomic mass is 10.1. The number of halogens is 1. The lowest BCUT2D eigenvalue weighted by Crippen LogP contribution is -2.39. The molecule has 0 saturated carbocycles. The molecule has 1 heterocycles. The number of carbonyl (C=O) groups is 4. The van der Waals surface area contributed by atoms with Gasteiger partial charge in [-0.1, -0.05) is 6.07 Å². The average Bonchev–Trinajstić information content (AvgIpc) is 3.20. The molecule has 11 heteroatoms. The lowest BCUT2D eigenvalue weighted by molar-refractivity contribution is -0.124. The van der Waals surface area contributed by atoms with Gasteiger partial charge in [0.05, 0.1) is 38.5 Å². The molecule has 41 heavy (non-hydrogen) atoms. The van der Waals surface area contributed by atoms with Crippen LogP contribution in [-0.2, 0) is 20.7 Å². The van der Waals surface area contributed by atoms with Crippen molar-refractivity contribution < 1.29 is 37.8 Å². The van der Waals surface area contributed by atoms with Crippen LogP contribution in [0.25, 0.3) is 0 Å². The molecule has 1 aliphatic rings. The number of esters is 1. The summed E-state index contributed by atoms with van der Waals surface area (Å²) in [7, 11) is 3.05. The van der Waals surface area contributed by atoms with Crippen LogP contribution < -0.4 is 19.7 Å². The van der Waals surface area contributed by atoms with Gasteiger partial charge in [0, 0.05) is 12.2 Å². The van der Waals surface area contributed by atoms with E-state index in [-0.39, 0.29) is 25.3 Å². The van der Waals surface area contributed by atoms with E-state index >= 15 is 0 Å². The fourth-order valence-electron chi connectivity index (χ4n) is 4.49. The molecule has 0 spiro atoms. The monoisotopic (exact) mass is 563 g/mol. The Morgan fingerprint density at radius 3 is 2.24 bits per heavy atom. The van der Waals surface area contributed by atoms with E-state index in [1.54, 1.807) is 31.2 Å². The van der Waals surface area contributed by atoms with Gasteiger partial charge in [-0.3, -0.25) is 9.59 Å². The summed E-state index contributed by atoms with van der Waals surface area (Å²) < 4.78 is 29.1. The van der Waals surface area contributed by atoms with Gasteiger partial charge >= 0.3 is 12.0 Å². The first-order chi connectivity index (χ1) is 19.7. The normalized spacial score (nSPS) is 14.7. The van der Waals surface area contributed by atoms with Crippen LogP contribution in [0, 0.1) is 5.82 Å². The van der Waals surface area contributed by atoms with Gasteiger partial charge in [-0.2, -0.15) is 0 Å². The Labute approximate surface area is 236 Å². The summed E-state index contributed by atoms with van der Waals surface area (Å²) >= 11 is 0. The van der Waals surface area contributed by atoms with Crippen molar-refractivity contribution in [2.45, 2.75) is 25.8 Å². The maximum atomic E-state index is 13.5. The first-order valence-corrected chi connectivity index (χ1v) is 12.9. The number of nitrogens with zero attached hydrogens (tertiary/aromatic N) is 2. The predicted octanol–water partition coefficient (Wildman–Crippen LogP) is 4.43. The predicted molar refractivity (Wildman–Crippen MR) is 149 cm³/mol. The molecule has 0 bridgehead atoms. The molecule has 214 valence electrons. The van der Waals surface area contributed by atoms with Gasteiger partial charge in [0.1, 0.15) is 11.9 Å². The number of hydrogen-bond donors (Lipinski definition) is 1. The quantitative estimate of drug-likeness (QED) is 0.271. The molecule has 1 unspecified atom stereocenters. The smallest absolute Gasteiger partial charge is 0.338 e. The SMILES string of the molecule is CCOC(=O)c1ccc(NC(=O)CC2C(=O)N(c3ccc(F)cc3)C(=O)N2CCc2ccc(OC)c(OC)c2)cc1. The van der Waals surface area contributed by atoms with E-state index in [4.69, 9.17) is 14.2 Å². The van der Waals surface area contributed by atoms with Crippen LogP contribution in [-0.4, -0.2) is 62.1 Å². The van der Waals surface area contributed by atoms with E-state index < -0.39 is 35.7 Å². The van der Waals surface area contributed by atoms with Crippen LogP contribution >= 0.6 is 0 Å². The van der Waals surface area contributed by atoms with Crippen molar-refractivity contribution in [1.82, 2.24) is 4.90 Å². The molecule has 4 amide bonds. The van der Waals surface area contributed by atoms with Crippen molar-refractivity contribution in [1.29, 1.82) is 0 Å². The maximum absolute atomic E-state index is 13.5. The molecule has 0 aromatic heterocycles. The summed E-state index contributed by atoms with van der Waals surface area (Å²) in [6.45, 7) is 2.07. The number of carbonyl (C=O) groups excluding carboxylic acids is 4. The molecule has 1 fully saturated rings. The molecule has 3 aromatic carbocycles. The largest absolute Gasteiger partial charge is 0.493 e. The highest BCUT2D eigenvalue weighted by molar-refractivity contribution is 6.22. The summed E-state index contributed by atoms with van der Waals surface area (Å²) in [5.74, 6) is -1.02. The van der Waals surface area contributed by atoms with Gasteiger partial charge in [0.2, 0.25) is 5.91 Å². The van der Waals surface area contributed by atoms with Crippen molar-refractivity contribution in [3.63, 3.8) is 0 Å². The van der Waals surface area contributed by atoms with E-state index in [1.165, 1.54) is 43.4 Å². The third-order valence-corrected chi connectivity index (χ3v) is 6.55. The van der Waals surface area contributed by atoms with Crippen LogP contribution in [0.1, 0.15) is 29.3 Å². The van der Waals surface area contributed by atoms with Gasteiger partial charge < -0.3 is 24.4 Å². The maximum Gasteiger partial charge on any atom is 0.338 e. The number of urea groups is 1. The third kappa shape index (κ3) is 6.63. The first kappa shape index (κ1) is 29.1. The van der Waals surface area contributed by atoms with E-state index in [2.05, 4.69) is 5.32 Å². The van der Waals surface area contributed by atoms with Crippen molar-refractivity contribution in [2.75, 3.05) is 37.6 Å². The molecule has 3 aromatic rings. The van der Waals surface area contributed by atoms with E-state index in [0.29, 0.717) is 29.2 Å². The average molecular weight is 564 g/mol. The number of hydrogen-bond acceptors (Lipinski definition) is 7. The molecule has 4 rings (SSSR count). The van der Waals surface area contributed by atoms with Crippen LogP contribution in [0.15, 0.2) is 66.7 Å². The number of anilines is 2.